The third-order valence-corrected chi connectivity index (χ3v) is 10.3. The maximum atomic E-state index is 13.4. The minimum atomic E-state index is -4.27. The molecule has 1 aliphatic carbocycles. The molecule has 6 rings (SSSR count). The number of nitrogens with one attached hydrogen (secondary N) is 1. The molecule has 0 unspecified atom stereocenters. The lowest BCUT2D eigenvalue weighted by Crippen LogP contribution is -2.42. The highest BCUT2D eigenvalue weighted by molar-refractivity contribution is 7.89. The molecule has 0 radical (unpaired) electrons. The minimum absolute atomic E-state index is 0.0199. The number of benzene rings is 1. The Bertz CT molecular complexity index is 1650. The Hall–Kier alpha value is -3.44. The van der Waals surface area contributed by atoms with E-state index in [-0.39, 0.29) is 29.3 Å². The summed E-state index contributed by atoms with van der Waals surface area (Å²) < 4.78 is 70.4. The molecule has 1 N–H and O–H groups in total. The van der Waals surface area contributed by atoms with Gasteiger partial charge in [-0.05, 0) is 78.6 Å². The van der Waals surface area contributed by atoms with Crippen LogP contribution in [0.25, 0.3) is 16.8 Å². The predicted molar refractivity (Wildman–Crippen MR) is 151 cm³/mol. The minimum Gasteiger partial charge on any atom is -0.367 e. The largest absolute Gasteiger partial charge is 0.398 e. The van der Waals surface area contributed by atoms with Gasteiger partial charge in [-0.2, -0.15) is 17.5 Å². The molecule has 0 spiro atoms. The molecule has 11 heteroatoms. The molecule has 4 aromatic rings. The van der Waals surface area contributed by atoms with Crippen molar-refractivity contribution >= 4 is 21.5 Å². The number of aromatic nitrogens is 3. The van der Waals surface area contributed by atoms with E-state index in [1.165, 1.54) is 16.6 Å². The van der Waals surface area contributed by atoms with Gasteiger partial charge in [0.1, 0.15) is 11.5 Å². The second-order valence-electron chi connectivity index (χ2n) is 11.3. The van der Waals surface area contributed by atoms with E-state index in [1.807, 2.05) is 36.7 Å². The molecule has 1 aromatic carbocycles. The molecule has 0 atom stereocenters. The number of imidazole rings is 1. The van der Waals surface area contributed by atoms with Crippen molar-refractivity contribution in [3.05, 3.63) is 78.4 Å². The summed E-state index contributed by atoms with van der Waals surface area (Å²) in [7, 11) is -3.66. The monoisotopic (exact) mass is 583 g/mol. The summed E-state index contributed by atoms with van der Waals surface area (Å²) in [5, 5.41) is 3.26. The summed E-state index contributed by atoms with van der Waals surface area (Å²) in [4.78, 5) is 8.92. The number of nitrogens with zero attached hydrogens (tertiary/aromatic N) is 4. The standard InChI is InChI=1S/C30H32F3N5O2S/c1-20(2)26-18-35-28-10-5-22(19-38(26)28)21-3-7-25(8-4-21)41(39,40)37-15-11-24(12-16-37)36-27-9-6-23(17-34-27)29(13-14-29)30(31,32)33/h3-10,17-20,24H,11-16H2,1-2H3,(H,34,36). The van der Waals surface area contributed by atoms with Gasteiger partial charge in [-0.25, -0.2) is 18.4 Å². The summed E-state index contributed by atoms with van der Waals surface area (Å²) in [6.07, 6.45) is 2.28. The van der Waals surface area contributed by atoms with E-state index >= 15 is 0 Å². The van der Waals surface area contributed by atoms with E-state index in [2.05, 4.69) is 33.5 Å². The normalized spacial score (nSPS) is 18.2. The van der Waals surface area contributed by atoms with Crippen LogP contribution in [0.4, 0.5) is 19.0 Å². The van der Waals surface area contributed by atoms with E-state index in [4.69, 9.17) is 0 Å². The summed E-state index contributed by atoms with van der Waals surface area (Å²) in [5.74, 6) is 0.820. The molecule has 2 aliphatic rings. The third-order valence-electron chi connectivity index (χ3n) is 8.37. The number of sulfonamides is 1. The van der Waals surface area contributed by atoms with Crippen LogP contribution in [0.15, 0.2) is 72.0 Å². The van der Waals surface area contributed by atoms with Gasteiger partial charge in [0.15, 0.2) is 0 Å². The average molecular weight is 584 g/mol. The van der Waals surface area contributed by atoms with Crippen LogP contribution in [0.2, 0.25) is 0 Å². The van der Waals surface area contributed by atoms with Crippen LogP contribution in [0.5, 0.6) is 0 Å². The number of hydrogen-bond acceptors (Lipinski definition) is 5. The quantitative estimate of drug-likeness (QED) is 0.273. The van der Waals surface area contributed by atoms with Crippen LogP contribution in [0.3, 0.4) is 0 Å². The second-order valence-corrected chi connectivity index (χ2v) is 13.3. The maximum absolute atomic E-state index is 13.4. The molecule has 216 valence electrons. The molecule has 1 saturated carbocycles. The number of anilines is 1. The zero-order chi connectivity index (χ0) is 29.0. The van der Waals surface area contributed by atoms with E-state index in [9.17, 15) is 21.6 Å². The summed E-state index contributed by atoms with van der Waals surface area (Å²) in [6, 6.07) is 14.0. The third kappa shape index (κ3) is 5.10. The maximum Gasteiger partial charge on any atom is 0.398 e. The molecule has 0 bridgehead atoms. The Morgan fingerprint density at radius 1 is 0.927 bits per heavy atom. The first kappa shape index (κ1) is 27.7. The first-order valence-electron chi connectivity index (χ1n) is 13.9. The Morgan fingerprint density at radius 3 is 2.20 bits per heavy atom. The van der Waals surface area contributed by atoms with Crippen LogP contribution in [-0.4, -0.2) is 52.4 Å². The number of rotatable bonds is 7. The molecule has 41 heavy (non-hydrogen) atoms. The molecule has 1 saturated heterocycles. The number of halogens is 3. The van der Waals surface area contributed by atoms with Crippen molar-refractivity contribution in [1.29, 1.82) is 0 Å². The lowest BCUT2D eigenvalue weighted by Gasteiger charge is -2.32. The van der Waals surface area contributed by atoms with Crippen LogP contribution in [-0.2, 0) is 15.4 Å². The van der Waals surface area contributed by atoms with Crippen LogP contribution < -0.4 is 5.32 Å². The highest BCUT2D eigenvalue weighted by Crippen LogP contribution is 2.58. The summed E-state index contributed by atoms with van der Waals surface area (Å²) in [6.45, 7) is 4.92. The van der Waals surface area contributed by atoms with Crippen molar-refractivity contribution < 1.29 is 21.6 Å². The Labute approximate surface area is 237 Å². The van der Waals surface area contributed by atoms with Crippen molar-refractivity contribution in [3.63, 3.8) is 0 Å². The van der Waals surface area contributed by atoms with Crippen LogP contribution in [0.1, 0.15) is 56.7 Å². The van der Waals surface area contributed by atoms with Gasteiger partial charge in [-0.3, -0.25) is 0 Å². The Balaban J connectivity index is 1.09. The van der Waals surface area contributed by atoms with E-state index in [0.29, 0.717) is 37.7 Å². The number of alkyl halides is 3. The first-order chi connectivity index (χ1) is 19.5. The fourth-order valence-electron chi connectivity index (χ4n) is 5.64. The van der Waals surface area contributed by atoms with E-state index in [0.717, 1.165) is 22.5 Å². The zero-order valence-corrected chi connectivity index (χ0v) is 23.7. The SMILES string of the molecule is CC(C)c1cnc2ccc(-c3ccc(S(=O)(=O)N4CCC(Nc5ccc(C6(C(F)(F)F)CC6)cn5)CC4)cc3)cn12. The topological polar surface area (TPSA) is 79.6 Å². The number of fused-ring (bicyclic) bond motifs is 1. The van der Waals surface area contributed by atoms with Gasteiger partial charge >= 0.3 is 6.18 Å². The molecular formula is C30H32F3N5O2S. The van der Waals surface area contributed by atoms with Gasteiger partial charge in [0.25, 0.3) is 0 Å². The van der Waals surface area contributed by atoms with Gasteiger partial charge in [0.05, 0.1) is 10.3 Å². The molecule has 1 aliphatic heterocycles. The lowest BCUT2D eigenvalue weighted by molar-refractivity contribution is -0.160. The van der Waals surface area contributed by atoms with Gasteiger partial charge in [-0.15, -0.1) is 0 Å². The van der Waals surface area contributed by atoms with E-state index < -0.39 is 21.6 Å². The number of pyridine rings is 2. The molecule has 7 nitrogen and oxygen atoms in total. The second kappa shape index (κ2) is 10.1. The average Bonchev–Trinajstić information content (AvgIpc) is 3.67. The van der Waals surface area contributed by atoms with Gasteiger partial charge in [-0.1, -0.05) is 32.0 Å². The van der Waals surface area contributed by atoms with Crippen LogP contribution in [0, 0.1) is 0 Å². The summed E-state index contributed by atoms with van der Waals surface area (Å²) in [5.41, 5.74) is 2.32. The number of hydrogen-bond donors (Lipinski definition) is 1. The highest BCUT2D eigenvalue weighted by Gasteiger charge is 2.64. The Kier molecular flexibility index (Phi) is 6.85. The van der Waals surface area contributed by atoms with E-state index in [1.54, 1.807) is 18.2 Å². The fraction of sp³-hybridized carbons (Fsp3) is 0.400. The fourth-order valence-corrected chi connectivity index (χ4v) is 7.11. The van der Waals surface area contributed by atoms with Gasteiger partial charge < -0.3 is 9.72 Å². The van der Waals surface area contributed by atoms with Crippen molar-refractivity contribution in [2.24, 2.45) is 0 Å². The summed E-state index contributed by atoms with van der Waals surface area (Å²) >= 11 is 0. The molecule has 0 amide bonds. The van der Waals surface area contributed by atoms with Gasteiger partial charge in [0.2, 0.25) is 10.0 Å². The Morgan fingerprint density at radius 2 is 1.61 bits per heavy atom. The lowest BCUT2D eigenvalue weighted by atomic mass is 9.97. The smallest absolute Gasteiger partial charge is 0.367 e. The van der Waals surface area contributed by atoms with Crippen molar-refractivity contribution in [2.45, 2.75) is 68.0 Å². The molecule has 2 fully saturated rings. The molecule has 4 heterocycles. The molecule has 3 aromatic heterocycles. The first-order valence-corrected chi connectivity index (χ1v) is 15.3. The number of piperidine rings is 1. The van der Waals surface area contributed by atoms with Crippen LogP contribution >= 0.6 is 0 Å². The predicted octanol–water partition coefficient (Wildman–Crippen LogP) is 6.38. The highest BCUT2D eigenvalue weighted by atomic mass is 32.2. The van der Waals surface area contributed by atoms with Crippen molar-refractivity contribution in [2.75, 3.05) is 18.4 Å². The zero-order valence-electron chi connectivity index (χ0n) is 22.9. The van der Waals surface area contributed by atoms with Crippen molar-refractivity contribution in [1.82, 2.24) is 18.7 Å². The molecular weight excluding hydrogens is 551 g/mol. The van der Waals surface area contributed by atoms with Gasteiger partial charge in [0, 0.05) is 43.4 Å². The van der Waals surface area contributed by atoms with Crippen molar-refractivity contribution in [3.8, 4) is 11.1 Å².